The van der Waals surface area contributed by atoms with Gasteiger partial charge in [-0.2, -0.15) is 0 Å². The van der Waals surface area contributed by atoms with Crippen molar-refractivity contribution in [3.63, 3.8) is 0 Å². The maximum atomic E-state index is 5.46. The van der Waals surface area contributed by atoms with E-state index in [-0.39, 0.29) is 10.8 Å². The standard InChI is InChI=1S/C18H29NO/c1-17(2,3)15-8-7-14(13-16(15)18(4,5)6)19-9-11-20-12-10-19/h7-8,13H,9-12H2,1-6H3. The van der Waals surface area contributed by atoms with Gasteiger partial charge in [0.25, 0.3) is 0 Å². The zero-order valence-corrected chi connectivity index (χ0v) is 13.9. The highest BCUT2D eigenvalue weighted by molar-refractivity contribution is 5.54. The summed E-state index contributed by atoms with van der Waals surface area (Å²) in [6, 6.07) is 7.00. The molecule has 0 aliphatic carbocycles. The Kier molecular flexibility index (Phi) is 4.15. The predicted octanol–water partition coefficient (Wildman–Crippen LogP) is 4.12. The van der Waals surface area contributed by atoms with E-state index in [2.05, 4.69) is 64.6 Å². The highest BCUT2D eigenvalue weighted by atomic mass is 16.5. The SMILES string of the molecule is CC(C)(C)c1ccc(N2CCOCC2)cc1C(C)(C)C. The number of rotatable bonds is 1. The van der Waals surface area contributed by atoms with Gasteiger partial charge >= 0.3 is 0 Å². The summed E-state index contributed by atoms with van der Waals surface area (Å²) in [6.45, 7) is 17.5. The van der Waals surface area contributed by atoms with Crippen LogP contribution in [0.5, 0.6) is 0 Å². The quantitative estimate of drug-likeness (QED) is 0.764. The van der Waals surface area contributed by atoms with Crippen molar-refractivity contribution in [1.82, 2.24) is 0 Å². The van der Waals surface area contributed by atoms with Gasteiger partial charge in [-0.1, -0.05) is 47.6 Å². The van der Waals surface area contributed by atoms with Crippen molar-refractivity contribution in [2.75, 3.05) is 31.2 Å². The van der Waals surface area contributed by atoms with E-state index in [4.69, 9.17) is 4.74 Å². The first kappa shape index (κ1) is 15.4. The third-order valence-corrected chi connectivity index (χ3v) is 4.00. The number of hydrogen-bond donors (Lipinski definition) is 0. The summed E-state index contributed by atoms with van der Waals surface area (Å²) in [6.07, 6.45) is 0. The lowest BCUT2D eigenvalue weighted by atomic mass is 9.75. The van der Waals surface area contributed by atoms with Gasteiger partial charge in [0.05, 0.1) is 13.2 Å². The molecule has 0 radical (unpaired) electrons. The molecule has 1 aliphatic rings. The average molecular weight is 275 g/mol. The summed E-state index contributed by atoms with van der Waals surface area (Å²) in [5.41, 5.74) is 4.62. The van der Waals surface area contributed by atoms with Crippen molar-refractivity contribution in [3.05, 3.63) is 29.3 Å². The van der Waals surface area contributed by atoms with Gasteiger partial charge in [-0.25, -0.2) is 0 Å². The molecular weight excluding hydrogens is 246 g/mol. The molecule has 0 spiro atoms. The minimum absolute atomic E-state index is 0.172. The summed E-state index contributed by atoms with van der Waals surface area (Å²) >= 11 is 0. The van der Waals surface area contributed by atoms with E-state index in [0.29, 0.717) is 0 Å². The fourth-order valence-electron chi connectivity index (χ4n) is 2.83. The molecule has 0 aromatic heterocycles. The first-order valence-electron chi connectivity index (χ1n) is 7.67. The van der Waals surface area contributed by atoms with Gasteiger partial charge in [-0.3, -0.25) is 0 Å². The van der Waals surface area contributed by atoms with Crippen LogP contribution in [0.15, 0.2) is 18.2 Å². The van der Waals surface area contributed by atoms with E-state index in [1.807, 2.05) is 0 Å². The van der Waals surface area contributed by atoms with Crippen LogP contribution in [0.3, 0.4) is 0 Å². The Morgan fingerprint density at radius 3 is 1.90 bits per heavy atom. The third kappa shape index (κ3) is 3.35. The number of ether oxygens (including phenoxy) is 1. The first-order chi connectivity index (χ1) is 9.19. The summed E-state index contributed by atoms with van der Waals surface area (Å²) in [5.74, 6) is 0. The molecule has 1 fully saturated rings. The Balaban J connectivity index is 2.43. The topological polar surface area (TPSA) is 12.5 Å². The average Bonchev–Trinajstić information content (AvgIpc) is 2.37. The molecular formula is C18H29NO. The van der Waals surface area contributed by atoms with E-state index in [9.17, 15) is 0 Å². The predicted molar refractivity (Wildman–Crippen MR) is 86.9 cm³/mol. The van der Waals surface area contributed by atoms with E-state index in [1.165, 1.54) is 16.8 Å². The molecule has 2 rings (SSSR count). The minimum Gasteiger partial charge on any atom is -0.378 e. The molecule has 0 unspecified atom stereocenters. The molecule has 0 amide bonds. The van der Waals surface area contributed by atoms with Gasteiger partial charge in [-0.15, -0.1) is 0 Å². The highest BCUT2D eigenvalue weighted by Crippen LogP contribution is 2.36. The maximum Gasteiger partial charge on any atom is 0.0642 e. The van der Waals surface area contributed by atoms with Gasteiger partial charge in [0.1, 0.15) is 0 Å². The zero-order chi connectivity index (χ0) is 15.0. The molecule has 2 heteroatoms. The second-order valence-electron chi connectivity index (χ2n) is 7.83. The van der Waals surface area contributed by atoms with E-state index in [0.717, 1.165) is 26.3 Å². The van der Waals surface area contributed by atoms with Crippen molar-refractivity contribution < 1.29 is 4.74 Å². The zero-order valence-electron chi connectivity index (χ0n) is 13.9. The van der Waals surface area contributed by atoms with Gasteiger partial charge in [0.2, 0.25) is 0 Å². The minimum atomic E-state index is 0.172. The summed E-state index contributed by atoms with van der Waals surface area (Å²) in [5, 5.41) is 0. The Hall–Kier alpha value is -1.02. The van der Waals surface area contributed by atoms with Gasteiger partial charge in [0, 0.05) is 18.8 Å². The normalized spacial score (nSPS) is 17.4. The lowest BCUT2D eigenvalue weighted by molar-refractivity contribution is 0.122. The largest absolute Gasteiger partial charge is 0.378 e. The Bertz CT molecular complexity index is 459. The Morgan fingerprint density at radius 2 is 1.40 bits per heavy atom. The summed E-state index contributed by atoms with van der Waals surface area (Å²) in [7, 11) is 0. The number of benzene rings is 1. The summed E-state index contributed by atoms with van der Waals surface area (Å²) < 4.78 is 5.46. The van der Waals surface area contributed by atoms with E-state index in [1.54, 1.807) is 0 Å². The smallest absolute Gasteiger partial charge is 0.0642 e. The Labute approximate surface area is 124 Å². The van der Waals surface area contributed by atoms with Gasteiger partial charge in [0.15, 0.2) is 0 Å². The summed E-state index contributed by atoms with van der Waals surface area (Å²) in [4.78, 5) is 2.44. The lowest BCUT2D eigenvalue weighted by Gasteiger charge is -2.34. The van der Waals surface area contributed by atoms with Crippen molar-refractivity contribution in [1.29, 1.82) is 0 Å². The molecule has 2 nitrogen and oxygen atoms in total. The number of morpholine rings is 1. The van der Waals surface area contributed by atoms with E-state index >= 15 is 0 Å². The van der Waals surface area contributed by atoms with Gasteiger partial charge < -0.3 is 9.64 Å². The van der Waals surface area contributed by atoms with Gasteiger partial charge in [-0.05, 0) is 34.1 Å². The van der Waals surface area contributed by atoms with Crippen LogP contribution in [0, 0.1) is 0 Å². The van der Waals surface area contributed by atoms with Crippen LogP contribution >= 0.6 is 0 Å². The molecule has 0 atom stereocenters. The molecule has 1 saturated heterocycles. The molecule has 1 aliphatic heterocycles. The van der Waals surface area contributed by atoms with Crippen LogP contribution in [-0.2, 0) is 15.6 Å². The van der Waals surface area contributed by atoms with Crippen molar-refractivity contribution in [3.8, 4) is 0 Å². The number of hydrogen-bond acceptors (Lipinski definition) is 2. The molecule has 1 aromatic rings. The molecule has 0 bridgehead atoms. The molecule has 0 saturated carbocycles. The third-order valence-electron chi connectivity index (χ3n) is 4.00. The molecule has 1 heterocycles. The second-order valence-corrected chi connectivity index (χ2v) is 7.83. The molecule has 20 heavy (non-hydrogen) atoms. The van der Waals surface area contributed by atoms with E-state index < -0.39 is 0 Å². The van der Waals surface area contributed by atoms with Crippen molar-refractivity contribution in [2.24, 2.45) is 0 Å². The van der Waals surface area contributed by atoms with Crippen molar-refractivity contribution in [2.45, 2.75) is 52.4 Å². The lowest BCUT2D eigenvalue weighted by Crippen LogP contribution is -2.36. The van der Waals surface area contributed by atoms with Crippen LogP contribution in [0.2, 0.25) is 0 Å². The van der Waals surface area contributed by atoms with Crippen LogP contribution in [0.4, 0.5) is 5.69 Å². The molecule has 1 aromatic carbocycles. The van der Waals surface area contributed by atoms with Crippen LogP contribution in [-0.4, -0.2) is 26.3 Å². The number of nitrogens with zero attached hydrogens (tertiary/aromatic N) is 1. The monoisotopic (exact) mass is 275 g/mol. The van der Waals surface area contributed by atoms with Crippen molar-refractivity contribution >= 4 is 5.69 Å². The van der Waals surface area contributed by atoms with Crippen LogP contribution < -0.4 is 4.90 Å². The first-order valence-corrected chi connectivity index (χ1v) is 7.67. The Morgan fingerprint density at radius 1 is 0.850 bits per heavy atom. The fourth-order valence-corrected chi connectivity index (χ4v) is 2.83. The fraction of sp³-hybridized carbons (Fsp3) is 0.667. The van der Waals surface area contributed by atoms with Crippen LogP contribution in [0.1, 0.15) is 52.7 Å². The second kappa shape index (κ2) is 5.40. The molecule has 0 N–H and O–H groups in total. The van der Waals surface area contributed by atoms with Crippen LogP contribution in [0.25, 0.3) is 0 Å². The molecule has 112 valence electrons. The maximum absolute atomic E-state index is 5.46. The number of anilines is 1. The highest BCUT2D eigenvalue weighted by Gasteiger charge is 2.26.